The molecule has 222 valence electrons. The van der Waals surface area contributed by atoms with Gasteiger partial charge in [0.15, 0.2) is 0 Å². The van der Waals surface area contributed by atoms with Gasteiger partial charge in [0.2, 0.25) is 12.8 Å². The highest BCUT2D eigenvalue weighted by Gasteiger charge is 2.32. The first-order valence-electron chi connectivity index (χ1n) is 13.9. The summed E-state index contributed by atoms with van der Waals surface area (Å²) in [5, 5.41) is 18.5. The van der Waals surface area contributed by atoms with Crippen LogP contribution in [0, 0.1) is 17.2 Å². The summed E-state index contributed by atoms with van der Waals surface area (Å²) in [6.45, 7) is 11.0. The number of carbonyl (C=O) groups excluding carboxylic acids is 2. The molecular formula is C31H44Cl2FN3O3. The van der Waals surface area contributed by atoms with E-state index in [4.69, 9.17) is 23.2 Å². The van der Waals surface area contributed by atoms with Crippen LogP contribution in [0.4, 0.5) is 10.1 Å². The van der Waals surface area contributed by atoms with E-state index in [1.165, 1.54) is 12.1 Å². The number of carbonyl (C=O) groups is 2. The van der Waals surface area contributed by atoms with E-state index in [0.717, 1.165) is 62.7 Å². The van der Waals surface area contributed by atoms with E-state index in [2.05, 4.69) is 43.6 Å². The zero-order valence-corrected chi connectivity index (χ0v) is 25.5. The third kappa shape index (κ3) is 12.1. The number of halogens is 3. The van der Waals surface area contributed by atoms with Crippen LogP contribution in [0.1, 0.15) is 82.8 Å². The maximum atomic E-state index is 14.0. The van der Waals surface area contributed by atoms with Crippen LogP contribution in [-0.4, -0.2) is 43.7 Å². The number of aliphatic hydroxyl groups excluding tert-OH is 1. The van der Waals surface area contributed by atoms with E-state index < -0.39 is 5.82 Å². The predicted octanol–water partition coefficient (Wildman–Crippen LogP) is 6.90. The van der Waals surface area contributed by atoms with Crippen LogP contribution in [0.3, 0.4) is 0 Å². The Balaban J connectivity index is 0.000000275. The highest BCUT2D eigenvalue weighted by molar-refractivity contribution is 6.31. The maximum absolute atomic E-state index is 14.0. The Morgan fingerprint density at radius 1 is 1.05 bits per heavy atom. The Hall–Kier alpha value is -2.19. The summed E-state index contributed by atoms with van der Waals surface area (Å²) in [5.74, 6) is 0.354. The molecule has 9 heteroatoms. The van der Waals surface area contributed by atoms with Crippen molar-refractivity contribution in [1.82, 2.24) is 10.6 Å². The molecule has 2 aromatic rings. The van der Waals surface area contributed by atoms with Crippen LogP contribution >= 0.6 is 23.2 Å². The van der Waals surface area contributed by atoms with Crippen LogP contribution in [0.2, 0.25) is 10.0 Å². The second kappa shape index (κ2) is 16.9. The van der Waals surface area contributed by atoms with E-state index in [9.17, 15) is 19.1 Å². The van der Waals surface area contributed by atoms with Gasteiger partial charge in [0.1, 0.15) is 5.82 Å². The van der Waals surface area contributed by atoms with Crippen LogP contribution in [0.25, 0.3) is 0 Å². The highest BCUT2D eigenvalue weighted by Crippen LogP contribution is 2.41. The van der Waals surface area contributed by atoms with Crippen molar-refractivity contribution >= 4 is 41.7 Å². The Labute approximate surface area is 248 Å². The quantitative estimate of drug-likeness (QED) is 0.187. The molecule has 2 unspecified atom stereocenters. The topological polar surface area (TPSA) is 90.5 Å². The van der Waals surface area contributed by atoms with E-state index in [-0.39, 0.29) is 23.0 Å². The minimum Gasteiger partial charge on any atom is -0.393 e. The number of hydrogen-bond acceptors (Lipinski definition) is 4. The number of anilines is 1. The zero-order valence-electron chi connectivity index (χ0n) is 24.0. The summed E-state index contributed by atoms with van der Waals surface area (Å²) in [7, 11) is 0. The summed E-state index contributed by atoms with van der Waals surface area (Å²) in [4.78, 5) is 20.8. The van der Waals surface area contributed by atoms with Gasteiger partial charge in [-0.15, -0.1) is 0 Å². The van der Waals surface area contributed by atoms with Crippen molar-refractivity contribution in [3.8, 4) is 0 Å². The SMILES string of the molecule is CC(C)(C)C.O=CNCCCC1CC[C@@H](O)C1.O=CNc1cc(Cl)c(F)cc1C1CNC[C@@H]1c1cccc(Cl)c1. The molecule has 1 saturated carbocycles. The van der Waals surface area contributed by atoms with Gasteiger partial charge in [-0.1, -0.05) is 63.0 Å². The lowest BCUT2D eigenvalue weighted by Crippen LogP contribution is -2.13. The van der Waals surface area contributed by atoms with E-state index >= 15 is 0 Å². The molecule has 4 N–H and O–H groups in total. The lowest BCUT2D eigenvalue weighted by Gasteiger charge is -2.22. The normalized spacial score (nSPS) is 21.9. The predicted molar refractivity (Wildman–Crippen MR) is 163 cm³/mol. The number of benzene rings is 2. The Bertz CT molecular complexity index is 1070. The summed E-state index contributed by atoms with van der Waals surface area (Å²) in [6.07, 6.45) is 6.50. The zero-order chi connectivity index (χ0) is 29.7. The third-order valence-electron chi connectivity index (χ3n) is 6.73. The molecule has 2 amide bonds. The van der Waals surface area contributed by atoms with Gasteiger partial charge in [0, 0.05) is 42.2 Å². The molecule has 4 rings (SSSR count). The van der Waals surface area contributed by atoms with Gasteiger partial charge in [-0.25, -0.2) is 4.39 Å². The molecule has 2 aromatic carbocycles. The maximum Gasteiger partial charge on any atom is 0.211 e. The largest absolute Gasteiger partial charge is 0.393 e. The smallest absolute Gasteiger partial charge is 0.211 e. The van der Waals surface area contributed by atoms with Gasteiger partial charge in [-0.05, 0) is 78.8 Å². The fraction of sp³-hybridized carbons (Fsp3) is 0.548. The molecule has 1 aliphatic heterocycles. The van der Waals surface area contributed by atoms with Gasteiger partial charge in [0.05, 0.1) is 11.1 Å². The molecule has 0 radical (unpaired) electrons. The number of hydrogen-bond donors (Lipinski definition) is 4. The number of nitrogens with one attached hydrogen (secondary N) is 3. The molecule has 6 nitrogen and oxygen atoms in total. The average Bonchev–Trinajstić information content (AvgIpc) is 3.53. The van der Waals surface area contributed by atoms with Gasteiger partial charge in [-0.2, -0.15) is 0 Å². The van der Waals surface area contributed by atoms with Crippen molar-refractivity contribution in [2.45, 2.75) is 77.7 Å². The van der Waals surface area contributed by atoms with Crippen LogP contribution in [-0.2, 0) is 9.59 Å². The minimum absolute atomic E-state index is 0.0108. The van der Waals surface area contributed by atoms with Crippen molar-refractivity contribution in [1.29, 1.82) is 0 Å². The molecule has 1 aliphatic carbocycles. The fourth-order valence-corrected chi connectivity index (χ4v) is 5.38. The molecule has 0 spiro atoms. The third-order valence-corrected chi connectivity index (χ3v) is 7.25. The van der Waals surface area contributed by atoms with Gasteiger partial charge >= 0.3 is 0 Å². The number of amides is 2. The van der Waals surface area contributed by atoms with Gasteiger partial charge < -0.3 is 21.1 Å². The molecule has 0 aromatic heterocycles. The van der Waals surface area contributed by atoms with Crippen molar-refractivity contribution < 1.29 is 19.1 Å². The fourth-order valence-electron chi connectivity index (χ4n) is 5.01. The molecule has 1 heterocycles. The van der Waals surface area contributed by atoms with E-state index in [1.54, 1.807) is 0 Å². The molecule has 2 fully saturated rings. The Morgan fingerprint density at radius 3 is 2.35 bits per heavy atom. The Morgan fingerprint density at radius 2 is 1.75 bits per heavy atom. The second-order valence-electron chi connectivity index (χ2n) is 12.1. The molecule has 1 saturated heterocycles. The average molecular weight is 597 g/mol. The van der Waals surface area contributed by atoms with Crippen molar-refractivity contribution in [3.63, 3.8) is 0 Å². The molecule has 40 heavy (non-hydrogen) atoms. The van der Waals surface area contributed by atoms with Crippen molar-refractivity contribution in [2.24, 2.45) is 11.3 Å². The Kier molecular flexibility index (Phi) is 14.4. The number of aliphatic hydroxyl groups is 1. The van der Waals surface area contributed by atoms with Crippen LogP contribution in [0.15, 0.2) is 36.4 Å². The van der Waals surface area contributed by atoms with Crippen LogP contribution in [0.5, 0.6) is 0 Å². The van der Waals surface area contributed by atoms with E-state index in [0.29, 0.717) is 35.0 Å². The first-order valence-corrected chi connectivity index (χ1v) is 14.7. The summed E-state index contributed by atoms with van der Waals surface area (Å²) in [6, 6.07) is 10.5. The van der Waals surface area contributed by atoms with Gasteiger partial charge in [-0.3, -0.25) is 9.59 Å². The summed E-state index contributed by atoms with van der Waals surface area (Å²) < 4.78 is 14.0. The highest BCUT2D eigenvalue weighted by atomic mass is 35.5. The minimum atomic E-state index is -0.491. The van der Waals surface area contributed by atoms with Gasteiger partial charge in [0.25, 0.3) is 0 Å². The van der Waals surface area contributed by atoms with Crippen molar-refractivity contribution in [2.75, 3.05) is 25.0 Å². The summed E-state index contributed by atoms with van der Waals surface area (Å²) in [5.41, 5.74) is 2.85. The number of rotatable bonds is 9. The lowest BCUT2D eigenvalue weighted by atomic mass is 9.83. The van der Waals surface area contributed by atoms with Crippen LogP contribution < -0.4 is 16.0 Å². The molecular weight excluding hydrogens is 552 g/mol. The molecule has 0 bridgehead atoms. The monoisotopic (exact) mass is 595 g/mol. The van der Waals surface area contributed by atoms with Crippen molar-refractivity contribution in [3.05, 3.63) is 63.4 Å². The van der Waals surface area contributed by atoms with E-state index in [1.807, 2.05) is 24.3 Å². The molecule has 4 atom stereocenters. The molecule has 2 aliphatic rings. The second-order valence-corrected chi connectivity index (χ2v) is 12.9. The standard InChI is InChI=1S/C17H15Cl2FN2O.C9H17NO2.C5H12/c18-11-3-1-2-10(4-11)13-7-21-8-14(13)12-5-16(20)15(19)6-17(12)22-9-23;11-7-10-5-1-2-8-3-4-9(12)6-8;1-5(2,3)4/h1-6,9,13-14,21H,7-8H2,(H,22,23);7-9,12H,1-6H2,(H,10,11);1-4H3/t13-,14?;8?,9-;/m11./s1. The summed E-state index contributed by atoms with van der Waals surface area (Å²) >= 11 is 11.9. The first kappa shape index (κ1) is 34.0. The lowest BCUT2D eigenvalue weighted by molar-refractivity contribution is -0.109. The first-order chi connectivity index (χ1) is 18.9.